The number of amides is 2. The molecular weight excluding hydrogens is 408 g/mol. The molecule has 2 aliphatic rings. The molecule has 0 unspecified atom stereocenters. The number of morpholine rings is 1. The minimum absolute atomic E-state index is 0.153. The van der Waals surface area contributed by atoms with Gasteiger partial charge in [-0.05, 0) is 48.2 Å². The molecule has 32 heavy (non-hydrogen) atoms. The molecule has 1 fully saturated rings. The lowest BCUT2D eigenvalue weighted by Crippen LogP contribution is -2.40. The third kappa shape index (κ3) is 3.96. The van der Waals surface area contributed by atoms with Crippen LogP contribution in [-0.2, 0) is 20.9 Å². The van der Waals surface area contributed by atoms with E-state index in [-0.39, 0.29) is 18.4 Å². The standard InChI is InChI=1S/C25H28N2O5/c1-16-5-7-19(13-17(16)2)22-23(26-9-11-32-12-10-26)25(29)27(24(22)28)15-18-6-8-20(30-3)21(14-18)31-4/h5-8,13-14H,9-12,15H2,1-4H3. The van der Waals surface area contributed by atoms with Gasteiger partial charge in [-0.15, -0.1) is 0 Å². The fourth-order valence-electron chi connectivity index (χ4n) is 4.11. The molecule has 0 spiro atoms. The summed E-state index contributed by atoms with van der Waals surface area (Å²) in [4.78, 5) is 30.4. The van der Waals surface area contributed by atoms with Crippen molar-refractivity contribution in [2.24, 2.45) is 0 Å². The number of carbonyl (C=O) groups is 2. The SMILES string of the molecule is COc1ccc(CN2C(=O)C(c3ccc(C)c(C)c3)=C(N3CCOCC3)C2=O)cc1OC. The summed E-state index contributed by atoms with van der Waals surface area (Å²) in [5.41, 5.74) is 4.69. The van der Waals surface area contributed by atoms with Crippen LogP contribution in [0.15, 0.2) is 42.1 Å². The molecule has 0 radical (unpaired) electrons. The van der Waals surface area contributed by atoms with Crippen LogP contribution >= 0.6 is 0 Å². The van der Waals surface area contributed by atoms with Crippen LogP contribution in [0.4, 0.5) is 0 Å². The summed E-state index contributed by atoms with van der Waals surface area (Å²) in [7, 11) is 3.13. The van der Waals surface area contributed by atoms with Crippen LogP contribution in [0, 0.1) is 13.8 Å². The Bertz CT molecular complexity index is 1090. The highest BCUT2D eigenvalue weighted by atomic mass is 16.5. The average molecular weight is 437 g/mol. The van der Waals surface area contributed by atoms with Gasteiger partial charge in [-0.2, -0.15) is 0 Å². The third-order valence-corrected chi connectivity index (χ3v) is 6.06. The van der Waals surface area contributed by atoms with Gasteiger partial charge in [0, 0.05) is 13.1 Å². The summed E-state index contributed by atoms with van der Waals surface area (Å²) in [5, 5.41) is 0. The van der Waals surface area contributed by atoms with Crippen molar-refractivity contribution in [2.75, 3.05) is 40.5 Å². The van der Waals surface area contributed by atoms with Gasteiger partial charge in [-0.25, -0.2) is 0 Å². The summed E-state index contributed by atoms with van der Waals surface area (Å²) in [5.74, 6) is 0.590. The summed E-state index contributed by atoms with van der Waals surface area (Å²) in [6.07, 6.45) is 0. The Kier molecular flexibility index (Phi) is 6.19. The van der Waals surface area contributed by atoms with Gasteiger partial charge < -0.3 is 19.1 Å². The Morgan fingerprint density at radius 3 is 2.25 bits per heavy atom. The van der Waals surface area contributed by atoms with Crippen LogP contribution in [-0.4, -0.2) is 62.1 Å². The fraction of sp³-hybridized carbons (Fsp3) is 0.360. The normalized spacial score (nSPS) is 16.8. The van der Waals surface area contributed by atoms with Gasteiger partial charge in [0.25, 0.3) is 11.8 Å². The number of methoxy groups -OCH3 is 2. The number of benzene rings is 2. The first-order valence-corrected chi connectivity index (χ1v) is 10.7. The number of nitrogens with zero attached hydrogens (tertiary/aromatic N) is 2. The molecular formula is C25H28N2O5. The predicted molar refractivity (Wildman–Crippen MR) is 120 cm³/mol. The van der Waals surface area contributed by atoms with E-state index in [0.29, 0.717) is 49.1 Å². The summed E-state index contributed by atoms with van der Waals surface area (Å²) in [6.45, 7) is 6.40. The molecule has 2 heterocycles. The van der Waals surface area contributed by atoms with Crippen molar-refractivity contribution in [2.45, 2.75) is 20.4 Å². The molecule has 2 amide bonds. The highest BCUT2D eigenvalue weighted by Crippen LogP contribution is 2.35. The Morgan fingerprint density at radius 2 is 1.59 bits per heavy atom. The first-order chi connectivity index (χ1) is 15.4. The Morgan fingerprint density at radius 1 is 0.875 bits per heavy atom. The van der Waals surface area contributed by atoms with Crippen LogP contribution in [0.2, 0.25) is 0 Å². The van der Waals surface area contributed by atoms with Gasteiger partial charge in [-0.1, -0.05) is 24.3 Å². The highest BCUT2D eigenvalue weighted by Gasteiger charge is 2.42. The first-order valence-electron chi connectivity index (χ1n) is 10.7. The Labute approximate surface area is 188 Å². The van der Waals surface area contributed by atoms with Crippen LogP contribution in [0.5, 0.6) is 11.5 Å². The van der Waals surface area contributed by atoms with Crippen molar-refractivity contribution in [3.8, 4) is 11.5 Å². The number of imide groups is 1. The summed E-state index contributed by atoms with van der Waals surface area (Å²) < 4.78 is 16.1. The zero-order chi connectivity index (χ0) is 22.8. The number of ether oxygens (including phenoxy) is 3. The number of rotatable bonds is 6. The second kappa shape index (κ2) is 9.04. The van der Waals surface area contributed by atoms with E-state index in [2.05, 4.69) is 0 Å². The Balaban J connectivity index is 1.72. The minimum atomic E-state index is -0.283. The molecule has 0 N–H and O–H groups in total. The van der Waals surface area contributed by atoms with Gasteiger partial charge in [-0.3, -0.25) is 14.5 Å². The molecule has 0 atom stereocenters. The summed E-state index contributed by atoms with van der Waals surface area (Å²) in [6, 6.07) is 11.3. The molecule has 0 saturated carbocycles. The van der Waals surface area contributed by atoms with E-state index in [4.69, 9.17) is 14.2 Å². The first kappa shape index (κ1) is 21.9. The quantitative estimate of drug-likeness (QED) is 0.649. The molecule has 2 aliphatic heterocycles. The summed E-state index contributed by atoms with van der Waals surface area (Å²) >= 11 is 0. The second-order valence-corrected chi connectivity index (χ2v) is 8.01. The minimum Gasteiger partial charge on any atom is -0.493 e. The molecule has 1 saturated heterocycles. The zero-order valence-electron chi connectivity index (χ0n) is 18.9. The van der Waals surface area contributed by atoms with Gasteiger partial charge in [0.15, 0.2) is 11.5 Å². The number of hydrogen-bond acceptors (Lipinski definition) is 6. The van der Waals surface area contributed by atoms with E-state index >= 15 is 0 Å². The predicted octanol–water partition coefficient (Wildman–Crippen LogP) is 2.93. The van der Waals surface area contributed by atoms with E-state index in [9.17, 15) is 9.59 Å². The molecule has 0 aliphatic carbocycles. The van der Waals surface area contributed by atoms with Crippen LogP contribution in [0.1, 0.15) is 22.3 Å². The fourth-order valence-corrected chi connectivity index (χ4v) is 4.11. The van der Waals surface area contributed by atoms with Crippen molar-refractivity contribution in [3.05, 3.63) is 64.3 Å². The van der Waals surface area contributed by atoms with E-state index in [1.807, 2.05) is 43.0 Å². The van der Waals surface area contributed by atoms with Crippen LogP contribution < -0.4 is 9.47 Å². The van der Waals surface area contributed by atoms with Gasteiger partial charge in [0.05, 0.1) is 39.6 Å². The number of hydrogen-bond donors (Lipinski definition) is 0. The van der Waals surface area contributed by atoms with Crippen LogP contribution in [0.3, 0.4) is 0 Å². The van der Waals surface area contributed by atoms with E-state index < -0.39 is 0 Å². The van der Waals surface area contributed by atoms with Crippen molar-refractivity contribution >= 4 is 17.4 Å². The largest absolute Gasteiger partial charge is 0.493 e. The van der Waals surface area contributed by atoms with Gasteiger partial charge >= 0.3 is 0 Å². The molecule has 7 heteroatoms. The highest BCUT2D eigenvalue weighted by molar-refractivity contribution is 6.35. The molecule has 0 aromatic heterocycles. The van der Waals surface area contributed by atoms with Crippen molar-refractivity contribution in [1.82, 2.24) is 9.80 Å². The van der Waals surface area contributed by atoms with E-state index in [1.165, 1.54) is 4.90 Å². The lowest BCUT2D eigenvalue weighted by molar-refractivity contribution is -0.138. The second-order valence-electron chi connectivity index (χ2n) is 8.01. The molecule has 168 valence electrons. The number of aryl methyl sites for hydroxylation is 2. The molecule has 2 aromatic rings. The van der Waals surface area contributed by atoms with Crippen molar-refractivity contribution in [1.29, 1.82) is 0 Å². The average Bonchev–Trinajstić information content (AvgIpc) is 3.06. The third-order valence-electron chi connectivity index (χ3n) is 6.06. The topological polar surface area (TPSA) is 68.3 Å². The lowest BCUT2D eigenvalue weighted by atomic mass is 9.99. The molecule has 7 nitrogen and oxygen atoms in total. The van der Waals surface area contributed by atoms with Gasteiger partial charge in [0.2, 0.25) is 0 Å². The zero-order valence-corrected chi connectivity index (χ0v) is 18.9. The van der Waals surface area contributed by atoms with E-state index in [0.717, 1.165) is 22.3 Å². The van der Waals surface area contributed by atoms with Gasteiger partial charge in [0.1, 0.15) is 5.70 Å². The molecule has 4 rings (SSSR count). The maximum absolute atomic E-state index is 13.6. The van der Waals surface area contributed by atoms with Crippen molar-refractivity contribution < 1.29 is 23.8 Å². The van der Waals surface area contributed by atoms with Crippen molar-refractivity contribution in [3.63, 3.8) is 0 Å². The molecule has 2 aromatic carbocycles. The molecule has 0 bridgehead atoms. The maximum Gasteiger partial charge on any atom is 0.278 e. The van der Waals surface area contributed by atoms with E-state index in [1.54, 1.807) is 26.4 Å². The van der Waals surface area contributed by atoms with Crippen LogP contribution in [0.25, 0.3) is 5.57 Å². The smallest absolute Gasteiger partial charge is 0.278 e. The number of carbonyl (C=O) groups excluding carboxylic acids is 2. The monoisotopic (exact) mass is 436 g/mol. The Hall–Kier alpha value is -3.32. The maximum atomic E-state index is 13.6. The lowest BCUT2D eigenvalue weighted by Gasteiger charge is -2.29.